The summed E-state index contributed by atoms with van der Waals surface area (Å²) in [5, 5.41) is 15.1. The number of thioether (sulfide) groups is 1. The highest BCUT2D eigenvalue weighted by Gasteiger charge is 2.18. The summed E-state index contributed by atoms with van der Waals surface area (Å²) in [7, 11) is 2.09. The van der Waals surface area contributed by atoms with Gasteiger partial charge in [-0.3, -0.25) is 19.8 Å². The predicted molar refractivity (Wildman–Crippen MR) is 152 cm³/mol. The lowest BCUT2D eigenvalue weighted by atomic mass is 10.1. The molecule has 0 unspecified atom stereocenters. The summed E-state index contributed by atoms with van der Waals surface area (Å²) in [6, 6.07) is 16.0. The number of hydrogen-bond donors (Lipinski definition) is 1. The maximum absolute atomic E-state index is 13.4. The Morgan fingerprint density at radius 2 is 1.64 bits per heavy atom. The maximum Gasteiger partial charge on any atom is 0.292 e. The number of piperazine rings is 1. The number of nitro benzene ring substituents is 1. The molecule has 39 heavy (non-hydrogen) atoms. The number of rotatable bonds is 11. The van der Waals surface area contributed by atoms with E-state index in [1.54, 1.807) is 30.3 Å². The molecule has 4 rings (SSSR count). The standard InChI is InChI=1S/C29H30F2N4O3S/c1-33-14-16-34(17-15-33)13-12-32-26-11-4-22(18-27(26)35(37)38)19-28(29(36)23-5-9-25(31)10-6-23)39-20-21-2-7-24(30)8-3-21/h2-11,18-19,32H,12-17,20H2,1H3/b28-19+. The van der Waals surface area contributed by atoms with Crippen LogP contribution in [-0.4, -0.2) is 66.8 Å². The molecule has 0 spiro atoms. The van der Waals surface area contributed by atoms with Gasteiger partial charge in [-0.2, -0.15) is 0 Å². The fourth-order valence-corrected chi connectivity index (χ4v) is 5.15. The average Bonchev–Trinajstić information content (AvgIpc) is 2.93. The molecule has 1 heterocycles. The van der Waals surface area contributed by atoms with Crippen molar-refractivity contribution in [3.05, 3.63) is 110 Å². The molecule has 1 aliphatic heterocycles. The van der Waals surface area contributed by atoms with Gasteiger partial charge in [0, 0.05) is 56.7 Å². The molecule has 1 N–H and O–H groups in total. The summed E-state index contributed by atoms with van der Waals surface area (Å²) in [5.41, 5.74) is 1.93. The quantitative estimate of drug-likeness (QED) is 0.142. The first-order chi connectivity index (χ1) is 18.8. The van der Waals surface area contributed by atoms with Crippen molar-refractivity contribution in [1.82, 2.24) is 9.80 Å². The first-order valence-corrected chi connectivity index (χ1v) is 13.6. The number of nitrogens with one attached hydrogen (secondary N) is 1. The summed E-state index contributed by atoms with van der Waals surface area (Å²) in [4.78, 5) is 29.7. The minimum Gasteiger partial charge on any atom is -0.378 e. The second-order valence-electron chi connectivity index (χ2n) is 9.37. The van der Waals surface area contributed by atoms with E-state index in [1.807, 2.05) is 0 Å². The van der Waals surface area contributed by atoms with Crippen LogP contribution in [0.2, 0.25) is 0 Å². The Bertz CT molecular complexity index is 1330. The number of likely N-dealkylation sites (N-methyl/N-ethyl adjacent to an activating group) is 1. The minimum atomic E-state index is -0.456. The fourth-order valence-electron chi connectivity index (χ4n) is 4.17. The Morgan fingerprint density at radius 3 is 2.28 bits per heavy atom. The molecule has 1 aliphatic rings. The molecule has 0 amide bonds. The molecule has 0 aliphatic carbocycles. The van der Waals surface area contributed by atoms with Crippen LogP contribution in [0.1, 0.15) is 21.5 Å². The van der Waals surface area contributed by atoms with Gasteiger partial charge in [0.2, 0.25) is 0 Å². The summed E-state index contributed by atoms with van der Waals surface area (Å²) in [5.74, 6) is -0.763. The number of nitro groups is 1. The van der Waals surface area contributed by atoms with Crippen LogP contribution in [0.3, 0.4) is 0 Å². The smallest absolute Gasteiger partial charge is 0.292 e. The molecule has 0 saturated carbocycles. The first-order valence-electron chi connectivity index (χ1n) is 12.6. The maximum atomic E-state index is 13.4. The lowest BCUT2D eigenvalue weighted by Crippen LogP contribution is -2.45. The van der Waals surface area contributed by atoms with E-state index in [4.69, 9.17) is 0 Å². The highest BCUT2D eigenvalue weighted by molar-refractivity contribution is 8.03. The molecule has 1 fully saturated rings. The van der Waals surface area contributed by atoms with Crippen LogP contribution in [-0.2, 0) is 5.75 Å². The van der Waals surface area contributed by atoms with E-state index in [2.05, 4.69) is 22.2 Å². The SMILES string of the molecule is CN1CCN(CCNc2ccc(/C=C(/SCc3ccc(F)cc3)C(=O)c3ccc(F)cc3)cc2[N+](=O)[O-])CC1. The molecule has 1 saturated heterocycles. The van der Waals surface area contributed by atoms with Gasteiger partial charge in [-0.15, -0.1) is 11.8 Å². The first kappa shape index (κ1) is 28.4. The van der Waals surface area contributed by atoms with E-state index in [1.165, 1.54) is 54.2 Å². The largest absolute Gasteiger partial charge is 0.378 e. The Labute approximate surface area is 230 Å². The van der Waals surface area contributed by atoms with Crippen LogP contribution in [0.15, 0.2) is 71.6 Å². The Morgan fingerprint density at radius 1 is 1.00 bits per heavy atom. The second kappa shape index (κ2) is 13.5. The average molecular weight is 553 g/mol. The van der Waals surface area contributed by atoms with Crippen molar-refractivity contribution in [3.8, 4) is 0 Å². The summed E-state index contributed by atoms with van der Waals surface area (Å²) < 4.78 is 26.7. The number of hydrogen-bond acceptors (Lipinski definition) is 7. The number of halogens is 2. The predicted octanol–water partition coefficient (Wildman–Crippen LogP) is 5.69. The molecular weight excluding hydrogens is 522 g/mol. The van der Waals surface area contributed by atoms with Crippen LogP contribution >= 0.6 is 11.8 Å². The van der Waals surface area contributed by atoms with Crippen molar-refractivity contribution >= 4 is 35.0 Å². The van der Waals surface area contributed by atoms with Gasteiger partial charge in [0.1, 0.15) is 17.3 Å². The zero-order valence-corrected chi connectivity index (χ0v) is 22.4. The number of carbonyl (C=O) groups excluding carboxylic acids is 1. The monoisotopic (exact) mass is 552 g/mol. The van der Waals surface area contributed by atoms with Crippen molar-refractivity contribution < 1.29 is 18.5 Å². The van der Waals surface area contributed by atoms with Crippen molar-refractivity contribution in [2.45, 2.75) is 5.75 Å². The molecule has 7 nitrogen and oxygen atoms in total. The number of carbonyl (C=O) groups is 1. The van der Waals surface area contributed by atoms with Gasteiger partial charge in [0.05, 0.1) is 9.83 Å². The molecular formula is C29H30F2N4O3S. The number of allylic oxidation sites excluding steroid dienone is 1. The molecule has 0 bridgehead atoms. The molecule has 3 aromatic rings. The number of benzene rings is 3. The second-order valence-corrected chi connectivity index (χ2v) is 10.4. The summed E-state index contributed by atoms with van der Waals surface area (Å²) >= 11 is 1.23. The van der Waals surface area contributed by atoms with E-state index in [-0.39, 0.29) is 17.3 Å². The minimum absolute atomic E-state index is 0.0840. The lowest BCUT2D eigenvalue weighted by molar-refractivity contribution is -0.384. The Kier molecular flexibility index (Phi) is 9.80. The highest BCUT2D eigenvalue weighted by Crippen LogP contribution is 2.31. The number of Topliss-reactive ketones (excluding diaryl/α,β-unsaturated/α-hetero) is 1. The molecule has 3 aromatic carbocycles. The van der Waals surface area contributed by atoms with Crippen LogP contribution < -0.4 is 5.32 Å². The molecule has 204 valence electrons. The lowest BCUT2D eigenvalue weighted by Gasteiger charge is -2.32. The number of nitrogens with zero attached hydrogens (tertiary/aromatic N) is 3. The normalized spacial score (nSPS) is 14.8. The van der Waals surface area contributed by atoms with Crippen LogP contribution in [0.5, 0.6) is 0 Å². The van der Waals surface area contributed by atoms with Gasteiger partial charge >= 0.3 is 0 Å². The Hall–Kier alpha value is -3.60. The Balaban J connectivity index is 1.53. The van der Waals surface area contributed by atoms with Gasteiger partial charge < -0.3 is 10.2 Å². The van der Waals surface area contributed by atoms with Crippen molar-refractivity contribution in [1.29, 1.82) is 0 Å². The van der Waals surface area contributed by atoms with Gasteiger partial charge in [-0.1, -0.05) is 18.2 Å². The van der Waals surface area contributed by atoms with Crippen LogP contribution in [0.25, 0.3) is 6.08 Å². The number of ketones is 1. The van der Waals surface area contributed by atoms with Gasteiger partial charge in [-0.25, -0.2) is 8.78 Å². The van der Waals surface area contributed by atoms with E-state index >= 15 is 0 Å². The van der Waals surface area contributed by atoms with Crippen molar-refractivity contribution in [2.75, 3.05) is 51.6 Å². The zero-order valence-electron chi connectivity index (χ0n) is 21.6. The summed E-state index contributed by atoms with van der Waals surface area (Å²) in [6.45, 7) is 5.28. The van der Waals surface area contributed by atoms with E-state index in [0.29, 0.717) is 34.0 Å². The highest BCUT2D eigenvalue weighted by atomic mass is 32.2. The van der Waals surface area contributed by atoms with Gasteiger partial charge in [0.15, 0.2) is 5.78 Å². The van der Waals surface area contributed by atoms with E-state index < -0.39 is 10.7 Å². The number of anilines is 1. The van der Waals surface area contributed by atoms with Gasteiger partial charge in [-0.05, 0) is 66.7 Å². The zero-order chi connectivity index (χ0) is 27.8. The molecule has 0 atom stereocenters. The summed E-state index contributed by atoms with van der Waals surface area (Å²) in [6.07, 6.45) is 1.60. The third-order valence-corrected chi connectivity index (χ3v) is 7.59. The van der Waals surface area contributed by atoms with Crippen LogP contribution in [0, 0.1) is 21.7 Å². The van der Waals surface area contributed by atoms with E-state index in [9.17, 15) is 23.7 Å². The molecule has 10 heteroatoms. The van der Waals surface area contributed by atoms with Crippen LogP contribution in [0.4, 0.5) is 20.2 Å². The fraction of sp³-hybridized carbons (Fsp3) is 0.276. The third kappa shape index (κ3) is 8.19. The third-order valence-electron chi connectivity index (χ3n) is 6.49. The van der Waals surface area contributed by atoms with Crippen molar-refractivity contribution in [3.63, 3.8) is 0 Å². The topological polar surface area (TPSA) is 78.7 Å². The molecule has 0 aromatic heterocycles. The molecule has 0 radical (unpaired) electrons. The van der Waals surface area contributed by atoms with Gasteiger partial charge in [0.25, 0.3) is 5.69 Å². The van der Waals surface area contributed by atoms with Crippen molar-refractivity contribution in [2.24, 2.45) is 0 Å². The van der Waals surface area contributed by atoms with E-state index in [0.717, 1.165) is 38.3 Å².